The number of benzene rings is 1. The molecule has 0 saturated heterocycles. The number of carbonyl (C=O) groups excluding carboxylic acids is 1. The molecule has 1 unspecified atom stereocenters. The van der Waals surface area contributed by atoms with Crippen molar-refractivity contribution in [2.45, 2.75) is 51.6 Å². The summed E-state index contributed by atoms with van der Waals surface area (Å²) >= 11 is 0. The summed E-state index contributed by atoms with van der Waals surface area (Å²) in [5.74, 6) is 1.22. The third kappa shape index (κ3) is 6.10. The maximum atomic E-state index is 12.0. The molecule has 0 bridgehead atoms. The molecular formula is C18H28N2O3. The van der Waals surface area contributed by atoms with Crippen molar-refractivity contribution in [3.8, 4) is 5.75 Å². The van der Waals surface area contributed by atoms with Gasteiger partial charge in [-0.1, -0.05) is 12.1 Å². The highest BCUT2D eigenvalue weighted by molar-refractivity contribution is 5.74. The molecule has 2 rings (SSSR count). The Morgan fingerprint density at radius 3 is 2.74 bits per heavy atom. The summed E-state index contributed by atoms with van der Waals surface area (Å²) < 4.78 is 5.70. The predicted octanol–water partition coefficient (Wildman–Crippen LogP) is 2.61. The van der Waals surface area contributed by atoms with E-state index < -0.39 is 0 Å². The monoisotopic (exact) mass is 320 g/mol. The maximum absolute atomic E-state index is 12.0. The smallest absolute Gasteiger partial charge is 0.315 e. The van der Waals surface area contributed by atoms with Gasteiger partial charge in [-0.3, -0.25) is 0 Å². The van der Waals surface area contributed by atoms with Crippen LogP contribution in [0.4, 0.5) is 4.79 Å². The number of ether oxygens (including phenoxy) is 1. The van der Waals surface area contributed by atoms with Crippen molar-refractivity contribution in [2.24, 2.45) is 5.92 Å². The molecule has 5 nitrogen and oxygen atoms in total. The average molecular weight is 320 g/mol. The Hall–Kier alpha value is -1.75. The number of rotatable bonds is 6. The highest BCUT2D eigenvalue weighted by Crippen LogP contribution is 2.23. The highest BCUT2D eigenvalue weighted by atomic mass is 16.5. The van der Waals surface area contributed by atoms with Crippen LogP contribution in [-0.4, -0.2) is 36.4 Å². The number of carbonyl (C=O) groups is 1. The van der Waals surface area contributed by atoms with Crippen molar-refractivity contribution in [3.63, 3.8) is 0 Å². The molecule has 1 aromatic carbocycles. The third-order valence-corrected chi connectivity index (χ3v) is 4.31. The molecular weight excluding hydrogens is 292 g/mol. The topological polar surface area (TPSA) is 70.6 Å². The van der Waals surface area contributed by atoms with Gasteiger partial charge in [0.25, 0.3) is 0 Å². The van der Waals surface area contributed by atoms with E-state index >= 15 is 0 Å². The van der Waals surface area contributed by atoms with Crippen molar-refractivity contribution in [3.05, 3.63) is 29.8 Å². The lowest BCUT2D eigenvalue weighted by Crippen LogP contribution is -2.48. The zero-order chi connectivity index (χ0) is 16.7. The highest BCUT2D eigenvalue weighted by Gasteiger charge is 2.22. The van der Waals surface area contributed by atoms with Crippen molar-refractivity contribution in [1.29, 1.82) is 0 Å². The lowest BCUT2D eigenvalue weighted by molar-refractivity contribution is 0.173. The van der Waals surface area contributed by atoms with Crippen molar-refractivity contribution >= 4 is 6.03 Å². The summed E-state index contributed by atoms with van der Waals surface area (Å²) in [7, 11) is 0. The first kappa shape index (κ1) is 17.6. The standard InChI is InChI=1S/C18H28N2O3/c1-13-4-3-5-17(10-13)23-12-14(2)19-18(22)20-16-8-6-15(11-21)7-9-16/h3-5,10,14-16,21H,6-9,11-12H2,1-2H3,(H2,19,20,22). The van der Waals surface area contributed by atoms with E-state index in [1.807, 2.05) is 38.1 Å². The summed E-state index contributed by atoms with van der Waals surface area (Å²) in [4.78, 5) is 12.0. The molecule has 1 aromatic rings. The Morgan fingerprint density at radius 2 is 2.09 bits per heavy atom. The molecule has 0 heterocycles. The number of hydrogen-bond donors (Lipinski definition) is 3. The minimum atomic E-state index is -0.141. The first-order valence-electron chi connectivity index (χ1n) is 8.44. The van der Waals surface area contributed by atoms with Gasteiger partial charge in [-0.15, -0.1) is 0 Å². The second kappa shape index (κ2) is 8.77. The van der Waals surface area contributed by atoms with E-state index in [0.29, 0.717) is 12.5 Å². The van der Waals surface area contributed by atoms with E-state index in [4.69, 9.17) is 9.84 Å². The van der Waals surface area contributed by atoms with Gasteiger partial charge >= 0.3 is 6.03 Å². The third-order valence-electron chi connectivity index (χ3n) is 4.31. The van der Waals surface area contributed by atoms with Crippen molar-refractivity contribution in [2.75, 3.05) is 13.2 Å². The molecule has 2 amide bonds. The van der Waals surface area contributed by atoms with Crippen LogP contribution >= 0.6 is 0 Å². The zero-order valence-corrected chi connectivity index (χ0v) is 14.0. The fraction of sp³-hybridized carbons (Fsp3) is 0.611. The zero-order valence-electron chi connectivity index (χ0n) is 14.0. The van der Waals surface area contributed by atoms with Crippen LogP contribution in [0.5, 0.6) is 5.75 Å². The van der Waals surface area contributed by atoms with E-state index in [1.165, 1.54) is 0 Å². The minimum Gasteiger partial charge on any atom is -0.491 e. The van der Waals surface area contributed by atoms with Crippen LogP contribution in [-0.2, 0) is 0 Å². The Morgan fingerprint density at radius 1 is 1.35 bits per heavy atom. The van der Waals surface area contributed by atoms with Gasteiger partial charge < -0.3 is 20.5 Å². The first-order valence-corrected chi connectivity index (χ1v) is 8.44. The summed E-state index contributed by atoms with van der Waals surface area (Å²) in [5.41, 5.74) is 1.15. The number of aliphatic hydroxyl groups is 1. The van der Waals surface area contributed by atoms with Gasteiger partial charge in [0, 0.05) is 12.6 Å². The average Bonchev–Trinajstić information content (AvgIpc) is 2.53. The number of hydrogen-bond acceptors (Lipinski definition) is 3. The number of amides is 2. The number of aliphatic hydroxyl groups excluding tert-OH is 1. The summed E-state index contributed by atoms with van der Waals surface area (Å²) in [6.45, 7) is 4.64. The maximum Gasteiger partial charge on any atom is 0.315 e. The van der Waals surface area contributed by atoms with E-state index in [9.17, 15) is 4.79 Å². The number of aryl methyl sites for hydroxylation is 1. The minimum absolute atomic E-state index is 0.0655. The Bertz CT molecular complexity index is 499. The van der Waals surface area contributed by atoms with Gasteiger partial charge in [-0.25, -0.2) is 4.79 Å². The molecule has 0 radical (unpaired) electrons. The van der Waals surface area contributed by atoms with Gasteiger partial charge in [-0.05, 0) is 63.1 Å². The summed E-state index contributed by atoms with van der Waals surface area (Å²) in [6.07, 6.45) is 3.83. The first-order chi connectivity index (χ1) is 11.1. The molecule has 128 valence electrons. The molecule has 1 aliphatic carbocycles. The predicted molar refractivity (Wildman–Crippen MR) is 90.6 cm³/mol. The lowest BCUT2D eigenvalue weighted by Gasteiger charge is -2.28. The van der Waals surface area contributed by atoms with Crippen LogP contribution in [0.3, 0.4) is 0 Å². The van der Waals surface area contributed by atoms with Crippen LogP contribution in [0.15, 0.2) is 24.3 Å². The Labute approximate surface area is 138 Å². The Balaban J connectivity index is 1.66. The molecule has 1 saturated carbocycles. The molecule has 1 atom stereocenters. The van der Waals surface area contributed by atoms with Crippen LogP contribution in [0.25, 0.3) is 0 Å². The van der Waals surface area contributed by atoms with Gasteiger partial charge in [-0.2, -0.15) is 0 Å². The van der Waals surface area contributed by atoms with Gasteiger partial charge in [0.15, 0.2) is 0 Å². The molecule has 0 spiro atoms. The fourth-order valence-electron chi connectivity index (χ4n) is 2.91. The van der Waals surface area contributed by atoms with Gasteiger partial charge in [0.1, 0.15) is 12.4 Å². The lowest BCUT2D eigenvalue weighted by atomic mass is 9.87. The molecule has 1 fully saturated rings. The number of urea groups is 1. The van der Waals surface area contributed by atoms with E-state index in [1.54, 1.807) is 0 Å². The van der Waals surface area contributed by atoms with E-state index in [0.717, 1.165) is 37.0 Å². The van der Waals surface area contributed by atoms with Crippen molar-refractivity contribution in [1.82, 2.24) is 10.6 Å². The molecule has 1 aliphatic rings. The second-order valence-corrected chi connectivity index (χ2v) is 6.55. The molecule has 0 aromatic heterocycles. The van der Waals surface area contributed by atoms with Crippen molar-refractivity contribution < 1.29 is 14.6 Å². The molecule has 0 aliphatic heterocycles. The summed E-state index contributed by atoms with van der Waals surface area (Å²) in [6, 6.07) is 7.88. The van der Waals surface area contributed by atoms with Crippen LogP contribution in [0, 0.1) is 12.8 Å². The molecule has 3 N–H and O–H groups in total. The Kier molecular flexibility index (Phi) is 6.71. The quantitative estimate of drug-likeness (QED) is 0.754. The second-order valence-electron chi connectivity index (χ2n) is 6.55. The van der Waals surface area contributed by atoms with Crippen LogP contribution in [0.2, 0.25) is 0 Å². The molecule has 5 heteroatoms. The molecule has 23 heavy (non-hydrogen) atoms. The van der Waals surface area contributed by atoms with Crippen LogP contribution < -0.4 is 15.4 Å². The number of nitrogens with one attached hydrogen (secondary N) is 2. The largest absolute Gasteiger partial charge is 0.491 e. The van der Waals surface area contributed by atoms with E-state index in [-0.39, 0.29) is 24.7 Å². The van der Waals surface area contributed by atoms with Gasteiger partial charge in [0.05, 0.1) is 6.04 Å². The fourth-order valence-corrected chi connectivity index (χ4v) is 2.91. The normalized spacial score (nSPS) is 22.2. The van der Waals surface area contributed by atoms with Gasteiger partial charge in [0.2, 0.25) is 0 Å². The summed E-state index contributed by atoms with van der Waals surface area (Å²) in [5, 5.41) is 15.1. The van der Waals surface area contributed by atoms with E-state index in [2.05, 4.69) is 10.6 Å². The van der Waals surface area contributed by atoms with Crippen LogP contribution in [0.1, 0.15) is 38.2 Å². The SMILES string of the molecule is Cc1cccc(OCC(C)NC(=O)NC2CCC(CO)CC2)c1.